The Hall–Kier alpha value is -1.40. The highest BCUT2D eigenvalue weighted by Crippen LogP contribution is 2.26. The van der Waals surface area contributed by atoms with Gasteiger partial charge in [0, 0.05) is 18.0 Å². The lowest BCUT2D eigenvalue weighted by Gasteiger charge is -2.36. The number of hydrogen-bond donors (Lipinski definition) is 2. The Bertz CT molecular complexity index is 451. The molecule has 0 spiro atoms. The Kier molecular flexibility index (Phi) is 4.21. The topological polar surface area (TPSA) is 84.5 Å². The second kappa shape index (κ2) is 5.71. The Labute approximate surface area is 113 Å². The van der Waals surface area contributed by atoms with Crippen LogP contribution in [0.4, 0.5) is 11.6 Å². The molecule has 0 radical (unpaired) electrons. The molecule has 3 N–H and O–H groups in total. The predicted octanol–water partition coefficient (Wildman–Crippen LogP) is 0.688. The molecule has 0 aliphatic carbocycles. The zero-order chi connectivity index (χ0) is 14.0. The van der Waals surface area contributed by atoms with Crippen LogP contribution in [0.5, 0.6) is 0 Å². The van der Waals surface area contributed by atoms with Crippen LogP contribution in [0.2, 0.25) is 0 Å². The summed E-state index contributed by atoms with van der Waals surface area (Å²) in [6, 6.07) is -0.0678. The zero-order valence-electron chi connectivity index (χ0n) is 11.8. The fraction of sp³-hybridized carbons (Fsp3) is 0.692. The van der Waals surface area contributed by atoms with E-state index in [2.05, 4.69) is 14.9 Å². The minimum Gasteiger partial charge on any atom is -0.394 e. The van der Waals surface area contributed by atoms with Gasteiger partial charge in [-0.05, 0) is 6.92 Å². The third-order valence-corrected chi connectivity index (χ3v) is 3.40. The molecular formula is C13H22N4O2. The second-order valence-electron chi connectivity index (χ2n) is 5.18. The van der Waals surface area contributed by atoms with Gasteiger partial charge in [0.2, 0.25) is 0 Å². The zero-order valence-corrected chi connectivity index (χ0v) is 11.8. The van der Waals surface area contributed by atoms with Crippen molar-refractivity contribution in [3.8, 4) is 0 Å². The lowest BCUT2D eigenvalue weighted by molar-refractivity contribution is 0.0722. The molecular weight excluding hydrogens is 244 g/mol. The van der Waals surface area contributed by atoms with Crippen molar-refractivity contribution < 1.29 is 9.84 Å². The third-order valence-electron chi connectivity index (χ3n) is 3.40. The van der Waals surface area contributed by atoms with Crippen LogP contribution in [0.3, 0.4) is 0 Å². The highest BCUT2D eigenvalue weighted by Gasteiger charge is 2.26. The van der Waals surface area contributed by atoms with E-state index < -0.39 is 0 Å². The minimum atomic E-state index is -0.0678. The van der Waals surface area contributed by atoms with E-state index in [1.807, 2.05) is 20.8 Å². The number of aliphatic hydroxyl groups is 1. The molecule has 19 heavy (non-hydrogen) atoms. The molecule has 1 aliphatic heterocycles. The number of aromatic nitrogens is 2. The largest absolute Gasteiger partial charge is 0.394 e. The van der Waals surface area contributed by atoms with Crippen LogP contribution in [-0.4, -0.2) is 47.5 Å². The number of ether oxygens (including phenoxy) is 1. The first-order chi connectivity index (χ1) is 9.04. The number of nitrogens with zero attached hydrogens (tertiary/aromatic N) is 3. The van der Waals surface area contributed by atoms with Crippen LogP contribution >= 0.6 is 0 Å². The molecule has 0 amide bonds. The average Bonchev–Trinajstić information content (AvgIpc) is 2.41. The molecule has 0 bridgehead atoms. The summed E-state index contributed by atoms with van der Waals surface area (Å²) in [5.41, 5.74) is 6.85. The van der Waals surface area contributed by atoms with Gasteiger partial charge in [0.05, 0.1) is 25.9 Å². The molecule has 0 aromatic carbocycles. The normalized spacial score (nSPS) is 20.1. The molecule has 1 unspecified atom stereocenters. The van der Waals surface area contributed by atoms with Gasteiger partial charge in [0.1, 0.15) is 17.5 Å². The van der Waals surface area contributed by atoms with E-state index in [4.69, 9.17) is 10.5 Å². The van der Waals surface area contributed by atoms with Crippen molar-refractivity contribution in [2.75, 3.05) is 37.0 Å². The first-order valence-electron chi connectivity index (χ1n) is 6.63. The first-order valence-corrected chi connectivity index (χ1v) is 6.63. The van der Waals surface area contributed by atoms with E-state index >= 15 is 0 Å². The number of nitrogen functional groups attached to an aromatic ring is 1. The van der Waals surface area contributed by atoms with Crippen LogP contribution in [0.15, 0.2) is 0 Å². The molecule has 6 heteroatoms. The highest BCUT2D eigenvalue weighted by molar-refractivity contribution is 5.57. The number of nitrogens with two attached hydrogens (primary N) is 1. The molecule has 1 aromatic heterocycles. The van der Waals surface area contributed by atoms with Crippen LogP contribution in [0.25, 0.3) is 0 Å². The van der Waals surface area contributed by atoms with Gasteiger partial charge < -0.3 is 20.5 Å². The number of rotatable bonds is 3. The Morgan fingerprint density at radius 3 is 2.84 bits per heavy atom. The van der Waals surface area contributed by atoms with Gasteiger partial charge in [-0.2, -0.15) is 0 Å². The van der Waals surface area contributed by atoms with E-state index in [0.717, 1.165) is 17.2 Å². The van der Waals surface area contributed by atoms with Gasteiger partial charge in [-0.15, -0.1) is 0 Å². The third kappa shape index (κ3) is 2.79. The molecule has 0 saturated carbocycles. The van der Waals surface area contributed by atoms with Crippen LogP contribution in [0, 0.1) is 6.92 Å². The van der Waals surface area contributed by atoms with E-state index in [1.54, 1.807) is 0 Å². The molecule has 2 rings (SSSR count). The second-order valence-corrected chi connectivity index (χ2v) is 5.18. The summed E-state index contributed by atoms with van der Waals surface area (Å²) in [6.07, 6.45) is 0. The maximum Gasteiger partial charge on any atom is 0.137 e. The number of morpholine rings is 1. The fourth-order valence-corrected chi connectivity index (χ4v) is 2.16. The van der Waals surface area contributed by atoms with Gasteiger partial charge in [-0.25, -0.2) is 9.97 Å². The molecule has 6 nitrogen and oxygen atoms in total. The quantitative estimate of drug-likeness (QED) is 0.837. The van der Waals surface area contributed by atoms with Crippen molar-refractivity contribution in [1.29, 1.82) is 0 Å². The standard InChI is InChI=1S/C13H22N4O2/c1-8(2)12-15-11(14)9(3)13(16-12)17-4-5-19-7-10(17)6-18/h8,10,18H,4-7H2,1-3H3,(H2,14,15,16). The summed E-state index contributed by atoms with van der Waals surface area (Å²) >= 11 is 0. The molecule has 1 atom stereocenters. The highest BCUT2D eigenvalue weighted by atomic mass is 16.5. The minimum absolute atomic E-state index is 0.0420. The number of hydrogen-bond acceptors (Lipinski definition) is 6. The fourth-order valence-electron chi connectivity index (χ4n) is 2.16. The van der Waals surface area contributed by atoms with Crippen molar-refractivity contribution in [3.05, 3.63) is 11.4 Å². The van der Waals surface area contributed by atoms with E-state index in [1.165, 1.54) is 0 Å². The SMILES string of the molecule is Cc1c(N)nc(C(C)C)nc1N1CCOCC1CO. The first kappa shape index (κ1) is 14.0. The van der Waals surface area contributed by atoms with Gasteiger partial charge in [0.25, 0.3) is 0 Å². The van der Waals surface area contributed by atoms with Gasteiger partial charge in [-0.1, -0.05) is 13.8 Å². The van der Waals surface area contributed by atoms with Gasteiger partial charge >= 0.3 is 0 Å². The van der Waals surface area contributed by atoms with Crippen LogP contribution in [0.1, 0.15) is 31.2 Å². The molecule has 1 fully saturated rings. The van der Waals surface area contributed by atoms with Crippen molar-refractivity contribution in [2.24, 2.45) is 0 Å². The number of anilines is 2. The van der Waals surface area contributed by atoms with E-state index in [0.29, 0.717) is 25.6 Å². The van der Waals surface area contributed by atoms with Crippen LogP contribution in [-0.2, 0) is 4.74 Å². The van der Waals surface area contributed by atoms with Gasteiger partial charge in [0.15, 0.2) is 0 Å². The predicted molar refractivity (Wildman–Crippen MR) is 74.3 cm³/mol. The van der Waals surface area contributed by atoms with Crippen molar-refractivity contribution in [3.63, 3.8) is 0 Å². The number of aliphatic hydroxyl groups excluding tert-OH is 1. The smallest absolute Gasteiger partial charge is 0.137 e. The molecule has 1 saturated heterocycles. The Balaban J connectivity index is 2.41. The Morgan fingerprint density at radius 2 is 2.21 bits per heavy atom. The summed E-state index contributed by atoms with van der Waals surface area (Å²) in [5.74, 6) is 2.28. The van der Waals surface area contributed by atoms with Crippen molar-refractivity contribution in [2.45, 2.75) is 32.7 Å². The van der Waals surface area contributed by atoms with Crippen molar-refractivity contribution >= 4 is 11.6 Å². The monoisotopic (exact) mass is 266 g/mol. The molecule has 1 aliphatic rings. The maximum atomic E-state index is 9.47. The van der Waals surface area contributed by atoms with Crippen molar-refractivity contribution in [1.82, 2.24) is 9.97 Å². The van der Waals surface area contributed by atoms with Crippen LogP contribution < -0.4 is 10.6 Å². The van der Waals surface area contributed by atoms with E-state index in [-0.39, 0.29) is 18.6 Å². The lowest BCUT2D eigenvalue weighted by Crippen LogP contribution is -2.48. The van der Waals surface area contributed by atoms with Gasteiger partial charge in [-0.3, -0.25) is 0 Å². The summed E-state index contributed by atoms with van der Waals surface area (Å²) in [4.78, 5) is 11.0. The lowest BCUT2D eigenvalue weighted by atomic mass is 10.1. The summed E-state index contributed by atoms with van der Waals surface area (Å²) in [7, 11) is 0. The summed E-state index contributed by atoms with van der Waals surface area (Å²) < 4.78 is 5.40. The average molecular weight is 266 g/mol. The van der Waals surface area contributed by atoms with E-state index in [9.17, 15) is 5.11 Å². The molecule has 2 heterocycles. The molecule has 1 aromatic rings. The summed E-state index contributed by atoms with van der Waals surface area (Å²) in [6.45, 7) is 7.89. The maximum absolute atomic E-state index is 9.47. The molecule has 106 valence electrons. The summed E-state index contributed by atoms with van der Waals surface area (Å²) in [5, 5.41) is 9.47. The Morgan fingerprint density at radius 1 is 1.47 bits per heavy atom.